The van der Waals surface area contributed by atoms with Crippen molar-refractivity contribution >= 4 is 29.1 Å². The standard InChI is InChI=1S/C15H18ClFN2O2/c1-4-12-15(21)19(13(8(2)3)14(20)18-12)9-5-6-10(16)11(17)7-9/h5-8,12-13H,4H2,1-3H3,(H,18,20). The van der Waals surface area contributed by atoms with E-state index in [1.54, 1.807) is 6.07 Å². The summed E-state index contributed by atoms with van der Waals surface area (Å²) < 4.78 is 13.7. The molecule has 1 heterocycles. The fourth-order valence-corrected chi connectivity index (χ4v) is 2.66. The number of hydrogen-bond donors (Lipinski definition) is 1. The Kier molecular flexibility index (Phi) is 4.52. The highest BCUT2D eigenvalue weighted by Crippen LogP contribution is 2.28. The van der Waals surface area contributed by atoms with Crippen molar-refractivity contribution in [2.45, 2.75) is 39.3 Å². The van der Waals surface area contributed by atoms with Crippen molar-refractivity contribution in [3.8, 4) is 0 Å². The van der Waals surface area contributed by atoms with Gasteiger partial charge in [0.1, 0.15) is 17.9 Å². The van der Waals surface area contributed by atoms with Gasteiger partial charge in [0.2, 0.25) is 11.8 Å². The zero-order valence-electron chi connectivity index (χ0n) is 12.2. The average molecular weight is 313 g/mol. The summed E-state index contributed by atoms with van der Waals surface area (Å²) in [5, 5.41) is 2.71. The summed E-state index contributed by atoms with van der Waals surface area (Å²) in [6.07, 6.45) is 0.488. The van der Waals surface area contributed by atoms with Crippen LogP contribution in [0, 0.1) is 11.7 Å². The molecule has 0 radical (unpaired) electrons. The number of nitrogens with one attached hydrogen (secondary N) is 1. The number of hydrogen-bond acceptors (Lipinski definition) is 2. The van der Waals surface area contributed by atoms with Crippen molar-refractivity contribution in [3.63, 3.8) is 0 Å². The molecule has 2 unspecified atom stereocenters. The molecule has 0 aromatic heterocycles. The molecule has 0 aliphatic carbocycles. The van der Waals surface area contributed by atoms with Crippen LogP contribution in [0.1, 0.15) is 27.2 Å². The van der Waals surface area contributed by atoms with E-state index in [9.17, 15) is 14.0 Å². The molecule has 1 N–H and O–H groups in total. The maximum absolute atomic E-state index is 13.7. The van der Waals surface area contributed by atoms with Gasteiger partial charge >= 0.3 is 0 Å². The van der Waals surface area contributed by atoms with Crippen molar-refractivity contribution in [1.29, 1.82) is 0 Å². The first-order valence-corrected chi connectivity index (χ1v) is 7.33. The normalized spacial score (nSPS) is 22.7. The van der Waals surface area contributed by atoms with Crippen LogP contribution in [0.4, 0.5) is 10.1 Å². The highest BCUT2D eigenvalue weighted by molar-refractivity contribution is 6.30. The topological polar surface area (TPSA) is 49.4 Å². The monoisotopic (exact) mass is 312 g/mol. The number of halogens is 2. The number of piperazine rings is 1. The van der Waals surface area contributed by atoms with Crippen LogP contribution >= 0.6 is 11.6 Å². The molecular formula is C15H18ClFN2O2. The van der Waals surface area contributed by atoms with Gasteiger partial charge in [0.15, 0.2) is 0 Å². The average Bonchev–Trinajstić information content (AvgIpc) is 2.43. The molecule has 1 aromatic rings. The number of benzene rings is 1. The summed E-state index contributed by atoms with van der Waals surface area (Å²) in [5.74, 6) is -1.14. The van der Waals surface area contributed by atoms with Crippen molar-refractivity contribution in [2.24, 2.45) is 5.92 Å². The first kappa shape index (κ1) is 15.8. The van der Waals surface area contributed by atoms with Crippen LogP contribution in [-0.4, -0.2) is 23.9 Å². The van der Waals surface area contributed by atoms with Crippen LogP contribution in [0.5, 0.6) is 0 Å². The molecule has 1 aromatic carbocycles. The van der Waals surface area contributed by atoms with E-state index in [2.05, 4.69) is 5.32 Å². The summed E-state index contributed by atoms with van der Waals surface area (Å²) in [5.41, 5.74) is 0.355. The molecule has 2 amide bonds. The van der Waals surface area contributed by atoms with E-state index in [1.165, 1.54) is 17.0 Å². The van der Waals surface area contributed by atoms with E-state index in [1.807, 2.05) is 20.8 Å². The van der Waals surface area contributed by atoms with E-state index in [4.69, 9.17) is 11.6 Å². The van der Waals surface area contributed by atoms with Gasteiger partial charge in [-0.1, -0.05) is 32.4 Å². The minimum Gasteiger partial charge on any atom is -0.342 e. The molecule has 1 aliphatic heterocycles. The molecular weight excluding hydrogens is 295 g/mol. The molecule has 114 valence electrons. The predicted molar refractivity (Wildman–Crippen MR) is 79.7 cm³/mol. The Morgan fingerprint density at radius 2 is 2.05 bits per heavy atom. The second-order valence-corrected chi connectivity index (χ2v) is 5.87. The Labute approximate surface area is 128 Å². The predicted octanol–water partition coefficient (Wildman–Crippen LogP) is 2.75. The number of nitrogens with zero attached hydrogens (tertiary/aromatic N) is 1. The maximum Gasteiger partial charge on any atom is 0.250 e. The second kappa shape index (κ2) is 6.02. The number of anilines is 1. The molecule has 21 heavy (non-hydrogen) atoms. The first-order valence-electron chi connectivity index (χ1n) is 6.95. The van der Waals surface area contributed by atoms with Gasteiger partial charge in [-0.15, -0.1) is 0 Å². The van der Waals surface area contributed by atoms with Gasteiger partial charge in [-0.2, -0.15) is 0 Å². The molecule has 0 saturated carbocycles. The molecule has 6 heteroatoms. The number of carbonyl (C=O) groups is 2. The lowest BCUT2D eigenvalue weighted by Gasteiger charge is -2.40. The van der Waals surface area contributed by atoms with Gasteiger partial charge in [0.05, 0.1) is 5.02 Å². The molecule has 1 fully saturated rings. The van der Waals surface area contributed by atoms with Crippen molar-refractivity contribution in [2.75, 3.05) is 4.90 Å². The summed E-state index contributed by atoms with van der Waals surface area (Å²) >= 11 is 5.68. The second-order valence-electron chi connectivity index (χ2n) is 5.46. The maximum atomic E-state index is 13.7. The molecule has 0 bridgehead atoms. The largest absolute Gasteiger partial charge is 0.342 e. The summed E-state index contributed by atoms with van der Waals surface area (Å²) in [4.78, 5) is 26.2. The van der Waals surface area contributed by atoms with Gasteiger partial charge in [0.25, 0.3) is 0 Å². The minimum atomic E-state index is -0.652. The van der Waals surface area contributed by atoms with Crippen molar-refractivity contribution < 1.29 is 14.0 Å². The lowest BCUT2D eigenvalue weighted by molar-refractivity contribution is -0.134. The highest BCUT2D eigenvalue weighted by atomic mass is 35.5. The van der Waals surface area contributed by atoms with E-state index >= 15 is 0 Å². The molecule has 4 nitrogen and oxygen atoms in total. The van der Waals surface area contributed by atoms with Gasteiger partial charge < -0.3 is 5.32 Å². The third kappa shape index (κ3) is 2.88. The Morgan fingerprint density at radius 1 is 1.38 bits per heavy atom. The smallest absolute Gasteiger partial charge is 0.250 e. The highest BCUT2D eigenvalue weighted by Gasteiger charge is 2.42. The third-order valence-corrected chi connectivity index (χ3v) is 3.93. The van der Waals surface area contributed by atoms with Gasteiger partial charge in [0, 0.05) is 5.69 Å². The van der Waals surface area contributed by atoms with Crippen LogP contribution in [0.15, 0.2) is 18.2 Å². The van der Waals surface area contributed by atoms with Gasteiger partial charge in [-0.05, 0) is 30.5 Å². The number of amides is 2. The molecule has 1 aliphatic rings. The van der Waals surface area contributed by atoms with Gasteiger partial charge in [-0.25, -0.2) is 4.39 Å². The lowest BCUT2D eigenvalue weighted by atomic mass is 9.95. The van der Waals surface area contributed by atoms with Crippen LogP contribution in [0.3, 0.4) is 0 Å². The quantitative estimate of drug-likeness (QED) is 0.933. The van der Waals surface area contributed by atoms with E-state index < -0.39 is 17.9 Å². The van der Waals surface area contributed by atoms with E-state index in [0.717, 1.165) is 0 Å². The summed E-state index contributed by atoms with van der Waals surface area (Å²) in [6.45, 7) is 5.52. The molecule has 1 saturated heterocycles. The number of rotatable bonds is 3. The fraction of sp³-hybridized carbons (Fsp3) is 0.467. The Bertz CT molecular complexity index is 577. The first-order chi connectivity index (χ1) is 9.86. The Morgan fingerprint density at radius 3 is 2.57 bits per heavy atom. The van der Waals surface area contributed by atoms with Crippen LogP contribution in [0.25, 0.3) is 0 Å². The molecule has 0 spiro atoms. The summed E-state index contributed by atoms with van der Waals surface area (Å²) in [6, 6.07) is 2.92. The van der Waals surface area contributed by atoms with Crippen LogP contribution in [0.2, 0.25) is 5.02 Å². The van der Waals surface area contributed by atoms with Crippen molar-refractivity contribution in [1.82, 2.24) is 5.32 Å². The zero-order valence-corrected chi connectivity index (χ0v) is 12.9. The molecule has 2 rings (SSSR count). The lowest BCUT2D eigenvalue weighted by Crippen LogP contribution is -2.65. The van der Waals surface area contributed by atoms with Crippen LogP contribution in [-0.2, 0) is 9.59 Å². The van der Waals surface area contributed by atoms with Crippen molar-refractivity contribution in [3.05, 3.63) is 29.0 Å². The molecule has 2 atom stereocenters. The zero-order chi connectivity index (χ0) is 15.7. The van der Waals surface area contributed by atoms with E-state index in [0.29, 0.717) is 12.1 Å². The number of carbonyl (C=O) groups excluding carboxylic acids is 2. The minimum absolute atomic E-state index is 0.0131. The third-order valence-electron chi connectivity index (χ3n) is 3.62. The van der Waals surface area contributed by atoms with Crippen LogP contribution < -0.4 is 10.2 Å². The SMILES string of the molecule is CCC1NC(=O)C(C(C)C)N(c2ccc(Cl)c(F)c2)C1=O. The van der Waals surface area contributed by atoms with E-state index in [-0.39, 0.29) is 22.8 Å². The Balaban J connectivity index is 2.49. The van der Waals surface area contributed by atoms with Gasteiger partial charge in [-0.3, -0.25) is 14.5 Å². The summed E-state index contributed by atoms with van der Waals surface area (Å²) in [7, 11) is 0. The Hall–Kier alpha value is -1.62. The fourth-order valence-electron chi connectivity index (χ4n) is 2.54.